The number of anilines is 2. The fraction of sp³-hybridized carbons (Fsp3) is 0.0714. The van der Waals surface area contributed by atoms with Crippen LogP contribution in [0.5, 0.6) is 0 Å². The summed E-state index contributed by atoms with van der Waals surface area (Å²) in [5.41, 5.74) is 6.59. The Labute approximate surface area is 110 Å². The van der Waals surface area contributed by atoms with Crippen LogP contribution in [-0.2, 0) is 11.3 Å². The molecule has 0 aromatic heterocycles. The maximum Gasteiger partial charge on any atom is 0.412 e. The van der Waals surface area contributed by atoms with Gasteiger partial charge in [-0.15, -0.1) is 0 Å². The van der Waals surface area contributed by atoms with Crippen LogP contribution < -0.4 is 11.1 Å². The third-order valence-corrected chi connectivity index (χ3v) is 2.44. The van der Waals surface area contributed by atoms with E-state index in [1.54, 1.807) is 0 Å². The first-order valence-electron chi connectivity index (χ1n) is 5.68. The normalized spacial score (nSPS) is 9.95. The number of ether oxygens (including phenoxy) is 1. The predicted octanol–water partition coefficient (Wildman–Crippen LogP) is 3.16. The molecule has 0 aliphatic rings. The number of benzene rings is 2. The van der Waals surface area contributed by atoms with Crippen LogP contribution in [-0.4, -0.2) is 6.09 Å². The highest BCUT2D eigenvalue weighted by molar-refractivity contribution is 5.85. The summed E-state index contributed by atoms with van der Waals surface area (Å²) in [4.78, 5) is 11.5. The smallest absolute Gasteiger partial charge is 0.412 e. The van der Waals surface area contributed by atoms with Crippen LogP contribution in [0.2, 0.25) is 0 Å². The van der Waals surface area contributed by atoms with Gasteiger partial charge in [-0.1, -0.05) is 30.3 Å². The molecule has 0 aliphatic carbocycles. The first-order chi connectivity index (χ1) is 9.15. The van der Waals surface area contributed by atoms with Gasteiger partial charge in [0.1, 0.15) is 12.4 Å². The Morgan fingerprint density at radius 1 is 1.21 bits per heavy atom. The van der Waals surface area contributed by atoms with Crippen molar-refractivity contribution in [3.63, 3.8) is 0 Å². The average Bonchev–Trinajstić information content (AvgIpc) is 2.41. The van der Waals surface area contributed by atoms with Gasteiger partial charge < -0.3 is 10.5 Å². The molecule has 0 bridgehead atoms. The van der Waals surface area contributed by atoms with Crippen molar-refractivity contribution < 1.29 is 13.9 Å². The Balaban J connectivity index is 1.91. The van der Waals surface area contributed by atoms with Crippen molar-refractivity contribution in [2.24, 2.45) is 0 Å². The molecule has 98 valence electrons. The van der Waals surface area contributed by atoms with Gasteiger partial charge in [-0.2, -0.15) is 0 Å². The minimum atomic E-state index is -0.715. The van der Waals surface area contributed by atoms with Crippen molar-refractivity contribution in [3.05, 3.63) is 59.9 Å². The molecule has 0 saturated heterocycles. The number of halogens is 1. The summed E-state index contributed by atoms with van der Waals surface area (Å²) in [7, 11) is 0. The molecule has 0 aliphatic heterocycles. The molecule has 0 heterocycles. The minimum Gasteiger partial charge on any atom is -0.444 e. The number of nitrogens with two attached hydrogens (primary N) is 1. The second-order valence-corrected chi connectivity index (χ2v) is 3.93. The van der Waals surface area contributed by atoms with Gasteiger partial charge in [0.05, 0.1) is 5.69 Å². The van der Waals surface area contributed by atoms with E-state index < -0.39 is 11.9 Å². The van der Waals surface area contributed by atoms with E-state index in [1.165, 1.54) is 12.1 Å². The second kappa shape index (κ2) is 5.86. The Bertz CT molecular complexity index is 573. The van der Waals surface area contributed by atoms with Gasteiger partial charge in [-0.25, -0.2) is 9.18 Å². The highest BCUT2D eigenvalue weighted by Gasteiger charge is 2.08. The fourth-order valence-electron chi connectivity index (χ4n) is 1.50. The number of amides is 1. The predicted molar refractivity (Wildman–Crippen MR) is 71.1 cm³/mol. The Hall–Kier alpha value is -2.56. The number of rotatable bonds is 3. The van der Waals surface area contributed by atoms with Crippen LogP contribution in [0.25, 0.3) is 0 Å². The number of nitrogen functional groups attached to an aromatic ring is 1. The highest BCUT2D eigenvalue weighted by atomic mass is 19.1. The lowest BCUT2D eigenvalue weighted by Gasteiger charge is -2.08. The Kier molecular flexibility index (Phi) is 3.97. The third kappa shape index (κ3) is 3.70. The zero-order chi connectivity index (χ0) is 13.7. The van der Waals surface area contributed by atoms with Gasteiger partial charge in [0, 0.05) is 5.69 Å². The van der Waals surface area contributed by atoms with E-state index in [4.69, 9.17) is 10.5 Å². The third-order valence-electron chi connectivity index (χ3n) is 2.44. The molecule has 2 rings (SSSR count). The van der Waals surface area contributed by atoms with E-state index in [0.717, 1.165) is 11.6 Å². The second-order valence-electron chi connectivity index (χ2n) is 3.93. The minimum absolute atomic E-state index is 0.0345. The van der Waals surface area contributed by atoms with E-state index in [2.05, 4.69) is 5.32 Å². The zero-order valence-corrected chi connectivity index (χ0v) is 10.1. The van der Waals surface area contributed by atoms with E-state index in [9.17, 15) is 9.18 Å². The average molecular weight is 260 g/mol. The molecule has 1 amide bonds. The molecule has 0 radical (unpaired) electrons. The number of carbonyl (C=O) groups excluding carboxylic acids is 1. The zero-order valence-electron chi connectivity index (χ0n) is 10.1. The van der Waals surface area contributed by atoms with Crippen LogP contribution in [0.15, 0.2) is 48.5 Å². The van der Waals surface area contributed by atoms with Crippen molar-refractivity contribution >= 4 is 17.5 Å². The van der Waals surface area contributed by atoms with Crippen LogP contribution in [0.4, 0.5) is 20.6 Å². The molecule has 4 nitrogen and oxygen atoms in total. The van der Waals surface area contributed by atoms with Crippen molar-refractivity contribution in [2.75, 3.05) is 11.1 Å². The summed E-state index contributed by atoms with van der Waals surface area (Å²) in [6, 6.07) is 13.2. The molecule has 0 fully saturated rings. The van der Waals surface area contributed by atoms with Crippen molar-refractivity contribution in [3.8, 4) is 0 Å². The van der Waals surface area contributed by atoms with E-state index in [0.29, 0.717) is 5.69 Å². The van der Waals surface area contributed by atoms with Crippen LogP contribution >= 0.6 is 0 Å². The number of hydrogen-bond donors (Lipinski definition) is 2. The van der Waals surface area contributed by atoms with Gasteiger partial charge in [0.15, 0.2) is 0 Å². The van der Waals surface area contributed by atoms with Crippen molar-refractivity contribution in [1.29, 1.82) is 0 Å². The molecule has 5 heteroatoms. The molecule has 0 atom stereocenters. The fourth-order valence-corrected chi connectivity index (χ4v) is 1.50. The maximum absolute atomic E-state index is 13.4. The summed E-state index contributed by atoms with van der Waals surface area (Å²) in [6.07, 6.45) is -0.715. The molecule has 0 saturated carbocycles. The van der Waals surface area contributed by atoms with Gasteiger partial charge in [0.25, 0.3) is 0 Å². The molecular formula is C14H13FN2O2. The molecule has 19 heavy (non-hydrogen) atoms. The van der Waals surface area contributed by atoms with Gasteiger partial charge >= 0.3 is 6.09 Å². The molecule has 2 aromatic rings. The van der Waals surface area contributed by atoms with Gasteiger partial charge in [-0.05, 0) is 23.8 Å². The summed E-state index contributed by atoms with van der Waals surface area (Å²) in [5.74, 6) is -0.600. The first-order valence-corrected chi connectivity index (χ1v) is 5.68. The molecule has 0 spiro atoms. The molecule has 3 N–H and O–H groups in total. The van der Waals surface area contributed by atoms with E-state index in [-0.39, 0.29) is 12.3 Å². The number of hydrogen-bond acceptors (Lipinski definition) is 3. The Morgan fingerprint density at radius 3 is 2.63 bits per heavy atom. The lowest BCUT2D eigenvalue weighted by atomic mass is 10.2. The SMILES string of the molecule is Nc1ccc(NC(=O)OCc2ccccc2)c(F)c1. The number of nitrogens with one attached hydrogen (secondary N) is 1. The molecule has 2 aromatic carbocycles. The summed E-state index contributed by atoms with van der Waals surface area (Å²) in [6.45, 7) is 0.128. The standard InChI is InChI=1S/C14H13FN2O2/c15-12-8-11(16)6-7-13(12)17-14(18)19-9-10-4-2-1-3-5-10/h1-8H,9,16H2,(H,17,18). The van der Waals surface area contributed by atoms with Crippen LogP contribution in [0.3, 0.4) is 0 Å². The first kappa shape index (κ1) is 12.9. The lowest BCUT2D eigenvalue weighted by Crippen LogP contribution is -2.14. The Morgan fingerprint density at radius 2 is 1.95 bits per heavy atom. The maximum atomic E-state index is 13.4. The monoisotopic (exact) mass is 260 g/mol. The van der Waals surface area contributed by atoms with Gasteiger partial charge in [-0.3, -0.25) is 5.32 Å². The quantitative estimate of drug-likeness (QED) is 0.833. The molecule has 0 unspecified atom stereocenters. The summed E-state index contributed by atoms with van der Waals surface area (Å²) in [5, 5.41) is 2.32. The van der Waals surface area contributed by atoms with Crippen LogP contribution in [0.1, 0.15) is 5.56 Å². The molecular weight excluding hydrogens is 247 g/mol. The lowest BCUT2D eigenvalue weighted by molar-refractivity contribution is 0.155. The van der Waals surface area contributed by atoms with Crippen molar-refractivity contribution in [2.45, 2.75) is 6.61 Å². The topological polar surface area (TPSA) is 64.3 Å². The summed E-state index contributed by atoms with van der Waals surface area (Å²) < 4.78 is 18.4. The number of carbonyl (C=O) groups is 1. The largest absolute Gasteiger partial charge is 0.444 e. The van der Waals surface area contributed by atoms with Gasteiger partial charge in [0.2, 0.25) is 0 Å². The summed E-state index contributed by atoms with van der Waals surface area (Å²) >= 11 is 0. The van der Waals surface area contributed by atoms with Crippen LogP contribution in [0, 0.1) is 5.82 Å². The van der Waals surface area contributed by atoms with E-state index in [1.807, 2.05) is 30.3 Å². The van der Waals surface area contributed by atoms with Crippen molar-refractivity contribution in [1.82, 2.24) is 0 Å². The van der Waals surface area contributed by atoms with E-state index >= 15 is 0 Å². The highest BCUT2D eigenvalue weighted by Crippen LogP contribution is 2.17.